The molecule has 0 bridgehead atoms. The second-order valence-electron chi connectivity index (χ2n) is 7.87. The lowest BCUT2D eigenvalue weighted by molar-refractivity contribution is -0.142. The summed E-state index contributed by atoms with van der Waals surface area (Å²) in [6.07, 6.45) is -0.503. The maximum absolute atomic E-state index is 12.9. The fourth-order valence-electron chi connectivity index (χ4n) is 2.76. The van der Waals surface area contributed by atoms with Crippen molar-refractivity contribution in [3.8, 4) is 0 Å². The molecular formula is C19H38N10O6S. The van der Waals surface area contributed by atoms with E-state index >= 15 is 0 Å². The van der Waals surface area contributed by atoms with E-state index < -0.39 is 54.0 Å². The molecule has 0 saturated heterocycles. The number of thiol groups is 1. The number of nitrogens with two attached hydrogens (primary N) is 5. The molecule has 3 amide bonds. The predicted molar refractivity (Wildman–Crippen MR) is 137 cm³/mol. The third-order valence-corrected chi connectivity index (χ3v) is 5.14. The Morgan fingerprint density at radius 3 is 1.64 bits per heavy atom. The van der Waals surface area contributed by atoms with Crippen LogP contribution in [0.4, 0.5) is 0 Å². The zero-order valence-electron chi connectivity index (χ0n) is 20.1. The molecule has 0 aromatic heterocycles. The average molecular weight is 535 g/mol. The highest BCUT2D eigenvalue weighted by Crippen LogP contribution is 2.04. The van der Waals surface area contributed by atoms with Gasteiger partial charge in [-0.1, -0.05) is 0 Å². The van der Waals surface area contributed by atoms with Crippen LogP contribution in [0, 0.1) is 0 Å². The number of hydrogen-bond acceptors (Lipinski definition) is 9. The number of carbonyl (C=O) groups is 4. The first-order valence-electron chi connectivity index (χ1n) is 11.1. The molecule has 206 valence electrons. The van der Waals surface area contributed by atoms with E-state index in [9.17, 15) is 29.4 Å². The van der Waals surface area contributed by atoms with E-state index in [0.29, 0.717) is 0 Å². The van der Waals surface area contributed by atoms with Crippen LogP contribution in [-0.4, -0.2) is 94.9 Å². The average Bonchev–Trinajstić information content (AvgIpc) is 2.79. The largest absolute Gasteiger partial charge is 0.480 e. The molecule has 0 saturated carbocycles. The highest BCUT2D eigenvalue weighted by molar-refractivity contribution is 7.80. The molecule has 0 aliphatic carbocycles. The monoisotopic (exact) mass is 534 g/mol. The minimum absolute atomic E-state index is 0.0335. The first-order chi connectivity index (χ1) is 16.8. The molecule has 5 atom stereocenters. The van der Waals surface area contributed by atoms with Crippen LogP contribution >= 0.6 is 12.6 Å². The van der Waals surface area contributed by atoms with Gasteiger partial charge in [-0.05, 0) is 32.6 Å². The van der Waals surface area contributed by atoms with Gasteiger partial charge in [-0.15, -0.1) is 0 Å². The molecular weight excluding hydrogens is 496 g/mol. The highest BCUT2D eigenvalue weighted by atomic mass is 32.1. The standard InChI is InChI=1S/C19H38N10O6S/c1-9(30)13(20)16(33)27-10(4-2-6-25-18(21)22)14(31)29-12(8-36)15(32)28-11(17(34)35)5-3-7-26-19(23)24/h9-13,30,36H,2-8,20H2,1H3,(H,27,33)(H,28,32)(H,29,31)(H,34,35)(H4,21,22,25)(H4,23,24,26). The van der Waals surface area contributed by atoms with Crippen LogP contribution in [0.1, 0.15) is 32.6 Å². The lowest BCUT2D eigenvalue weighted by Gasteiger charge is -2.25. The van der Waals surface area contributed by atoms with Gasteiger partial charge < -0.3 is 54.8 Å². The van der Waals surface area contributed by atoms with Crippen LogP contribution in [0.3, 0.4) is 0 Å². The molecule has 5 unspecified atom stereocenters. The number of rotatable bonds is 17. The van der Waals surface area contributed by atoms with Crippen molar-refractivity contribution in [2.24, 2.45) is 38.7 Å². The maximum Gasteiger partial charge on any atom is 0.326 e. The number of carboxylic acid groups (broad SMARTS) is 1. The smallest absolute Gasteiger partial charge is 0.326 e. The normalized spacial score (nSPS) is 14.8. The second-order valence-corrected chi connectivity index (χ2v) is 8.23. The molecule has 0 spiro atoms. The Bertz CT molecular complexity index is 802. The zero-order chi connectivity index (χ0) is 27.8. The summed E-state index contributed by atoms with van der Waals surface area (Å²) in [7, 11) is 0. The van der Waals surface area contributed by atoms with Crippen LogP contribution in [0.15, 0.2) is 9.98 Å². The molecule has 36 heavy (non-hydrogen) atoms. The highest BCUT2D eigenvalue weighted by Gasteiger charge is 2.30. The van der Waals surface area contributed by atoms with Gasteiger partial charge >= 0.3 is 5.97 Å². The van der Waals surface area contributed by atoms with Gasteiger partial charge in [-0.3, -0.25) is 24.4 Å². The number of aliphatic imine (C=N–C) groups is 2. The van der Waals surface area contributed by atoms with Crippen molar-refractivity contribution in [2.45, 2.75) is 62.9 Å². The Morgan fingerprint density at radius 1 is 0.806 bits per heavy atom. The summed E-state index contributed by atoms with van der Waals surface area (Å²) in [5.74, 6) is -4.06. The molecule has 0 aliphatic rings. The molecule has 15 N–H and O–H groups in total. The third-order valence-electron chi connectivity index (χ3n) is 4.78. The summed E-state index contributed by atoms with van der Waals surface area (Å²) in [6, 6.07) is -4.92. The van der Waals surface area contributed by atoms with Gasteiger partial charge in [-0.2, -0.15) is 12.6 Å². The van der Waals surface area contributed by atoms with Crippen molar-refractivity contribution in [2.75, 3.05) is 18.8 Å². The predicted octanol–water partition coefficient (Wildman–Crippen LogP) is -4.73. The fourth-order valence-corrected chi connectivity index (χ4v) is 3.02. The van der Waals surface area contributed by atoms with E-state index in [4.69, 9.17) is 28.7 Å². The van der Waals surface area contributed by atoms with Crippen molar-refractivity contribution < 1.29 is 29.4 Å². The Morgan fingerprint density at radius 2 is 1.22 bits per heavy atom. The summed E-state index contributed by atoms with van der Waals surface area (Å²) in [5, 5.41) is 26.1. The molecule has 0 rings (SSSR count). The SMILES string of the molecule is CC(O)C(N)C(=O)NC(CCCN=C(N)N)C(=O)NC(CS)C(=O)NC(CCCN=C(N)N)C(=O)O. The van der Waals surface area contributed by atoms with Crippen LogP contribution < -0.4 is 44.6 Å². The van der Waals surface area contributed by atoms with Gasteiger partial charge in [0.05, 0.1) is 6.10 Å². The van der Waals surface area contributed by atoms with E-state index in [1.807, 2.05) is 0 Å². The molecule has 16 nitrogen and oxygen atoms in total. The Balaban J connectivity index is 5.31. The maximum atomic E-state index is 12.9. The van der Waals surface area contributed by atoms with Crippen LogP contribution in [0.2, 0.25) is 0 Å². The summed E-state index contributed by atoms with van der Waals surface area (Å²) in [6.45, 7) is 1.65. The minimum atomic E-state index is -1.29. The van der Waals surface area contributed by atoms with E-state index in [2.05, 4.69) is 38.6 Å². The van der Waals surface area contributed by atoms with Crippen LogP contribution in [-0.2, 0) is 19.2 Å². The molecule has 17 heteroatoms. The van der Waals surface area contributed by atoms with Gasteiger partial charge in [0.25, 0.3) is 0 Å². The Hall–Kier alpha value is -3.31. The van der Waals surface area contributed by atoms with E-state index in [1.54, 1.807) is 0 Å². The number of aliphatic carboxylic acids is 1. The number of hydrogen-bond donors (Lipinski definition) is 11. The molecule has 0 fully saturated rings. The molecule has 0 heterocycles. The van der Waals surface area contributed by atoms with Crippen LogP contribution in [0.25, 0.3) is 0 Å². The number of amides is 3. The van der Waals surface area contributed by atoms with Crippen molar-refractivity contribution in [3.63, 3.8) is 0 Å². The topological polar surface area (TPSA) is 300 Å². The number of nitrogens with one attached hydrogen (secondary N) is 3. The van der Waals surface area contributed by atoms with Crippen LogP contribution in [0.5, 0.6) is 0 Å². The Labute approximate surface area is 214 Å². The first-order valence-corrected chi connectivity index (χ1v) is 11.7. The number of carboxylic acids is 1. The lowest BCUT2D eigenvalue weighted by Crippen LogP contribution is -2.58. The number of nitrogens with zero attached hydrogens (tertiary/aromatic N) is 2. The van der Waals surface area contributed by atoms with Gasteiger partial charge in [0.15, 0.2) is 11.9 Å². The minimum Gasteiger partial charge on any atom is -0.480 e. The number of guanidine groups is 2. The fraction of sp³-hybridized carbons (Fsp3) is 0.684. The summed E-state index contributed by atoms with van der Waals surface area (Å²) >= 11 is 4.06. The number of carbonyl (C=O) groups excluding carboxylic acids is 3. The van der Waals surface area contributed by atoms with E-state index in [-0.39, 0.29) is 56.4 Å². The van der Waals surface area contributed by atoms with Crippen molar-refractivity contribution in [1.82, 2.24) is 16.0 Å². The van der Waals surface area contributed by atoms with Crippen molar-refractivity contribution in [3.05, 3.63) is 0 Å². The van der Waals surface area contributed by atoms with Gasteiger partial charge in [-0.25, -0.2) is 4.79 Å². The van der Waals surface area contributed by atoms with E-state index in [0.717, 1.165) is 0 Å². The molecule has 0 radical (unpaired) electrons. The third kappa shape index (κ3) is 13.5. The Kier molecular flexibility index (Phi) is 15.6. The second kappa shape index (κ2) is 17.2. The molecule has 0 aromatic carbocycles. The number of aliphatic hydroxyl groups is 1. The van der Waals surface area contributed by atoms with Gasteiger partial charge in [0.1, 0.15) is 24.2 Å². The summed E-state index contributed by atoms with van der Waals surface area (Å²) < 4.78 is 0. The lowest BCUT2D eigenvalue weighted by atomic mass is 10.1. The summed E-state index contributed by atoms with van der Waals surface area (Å²) in [5.41, 5.74) is 26.6. The first kappa shape index (κ1) is 32.7. The summed E-state index contributed by atoms with van der Waals surface area (Å²) in [4.78, 5) is 56.9. The van der Waals surface area contributed by atoms with Gasteiger partial charge in [0, 0.05) is 18.8 Å². The number of aliphatic hydroxyl groups excluding tert-OH is 1. The molecule has 0 aromatic rings. The zero-order valence-corrected chi connectivity index (χ0v) is 21.0. The van der Waals surface area contributed by atoms with Gasteiger partial charge in [0.2, 0.25) is 17.7 Å². The van der Waals surface area contributed by atoms with Crippen molar-refractivity contribution in [1.29, 1.82) is 0 Å². The van der Waals surface area contributed by atoms with Crippen molar-refractivity contribution >= 4 is 48.2 Å². The van der Waals surface area contributed by atoms with E-state index in [1.165, 1.54) is 6.92 Å². The quantitative estimate of drug-likeness (QED) is 0.0364. The molecule has 0 aliphatic heterocycles.